The fourth-order valence-corrected chi connectivity index (χ4v) is 2.44. The number of rotatable bonds is 3. The van der Waals surface area contributed by atoms with Crippen LogP contribution in [0, 0.1) is 20.8 Å². The van der Waals surface area contributed by atoms with Crippen molar-refractivity contribution in [2.24, 2.45) is 0 Å². The van der Waals surface area contributed by atoms with E-state index in [9.17, 15) is 4.79 Å². The fourth-order valence-electron chi connectivity index (χ4n) is 2.21. The van der Waals surface area contributed by atoms with E-state index in [1.54, 1.807) is 7.11 Å². The molecule has 0 bridgehead atoms. The Morgan fingerprint density at radius 1 is 1.30 bits per heavy atom. The molecular weight excluding hydrogens is 280 g/mol. The van der Waals surface area contributed by atoms with Gasteiger partial charge in [0.05, 0.1) is 12.8 Å². The minimum absolute atomic E-state index is 0.0239. The van der Waals surface area contributed by atoms with Crippen LogP contribution in [0.5, 0.6) is 5.75 Å². The summed E-state index contributed by atoms with van der Waals surface area (Å²) in [4.78, 5) is 10.9. The molecule has 0 radical (unpaired) electrons. The lowest BCUT2D eigenvalue weighted by Crippen LogP contribution is -1.99. The summed E-state index contributed by atoms with van der Waals surface area (Å²) < 4.78 is 5.46. The number of carboxylic acid groups (broad SMARTS) is 1. The van der Waals surface area contributed by atoms with Gasteiger partial charge in [-0.25, -0.2) is 4.79 Å². The first kappa shape index (κ1) is 14.4. The SMILES string of the molecule is COc1c(C)c(C)c(Cl)c(C)c1-c1cc(C(=O)O)[nH]n1. The molecule has 20 heavy (non-hydrogen) atoms. The molecule has 0 aliphatic heterocycles. The Labute approximate surface area is 121 Å². The maximum Gasteiger partial charge on any atom is 0.353 e. The number of ether oxygens (including phenoxy) is 1. The van der Waals surface area contributed by atoms with Crippen LogP contribution in [0.1, 0.15) is 27.2 Å². The fraction of sp³-hybridized carbons (Fsp3) is 0.286. The van der Waals surface area contributed by atoms with Gasteiger partial charge in [0.1, 0.15) is 11.4 Å². The van der Waals surface area contributed by atoms with E-state index in [2.05, 4.69) is 10.2 Å². The molecule has 1 aromatic heterocycles. The number of H-pyrrole nitrogens is 1. The second-order valence-corrected chi connectivity index (χ2v) is 4.95. The van der Waals surface area contributed by atoms with Crippen molar-refractivity contribution in [3.05, 3.63) is 33.5 Å². The molecule has 0 spiro atoms. The molecule has 1 aromatic carbocycles. The van der Waals surface area contributed by atoms with Crippen molar-refractivity contribution in [2.75, 3.05) is 7.11 Å². The molecule has 5 nitrogen and oxygen atoms in total. The summed E-state index contributed by atoms with van der Waals surface area (Å²) in [6, 6.07) is 1.47. The lowest BCUT2D eigenvalue weighted by molar-refractivity contribution is 0.0690. The Morgan fingerprint density at radius 2 is 1.95 bits per heavy atom. The number of nitrogens with zero attached hydrogens (tertiary/aromatic N) is 1. The molecule has 6 heteroatoms. The standard InChI is InChI=1S/C14H15ClN2O3/c1-6-7(2)13(20-4)11(8(3)12(6)15)9-5-10(14(18)19)17-16-9/h5H,1-4H3,(H,16,17)(H,18,19). The number of aromatic carboxylic acids is 1. The second-order valence-electron chi connectivity index (χ2n) is 4.57. The van der Waals surface area contributed by atoms with Crippen molar-refractivity contribution in [2.45, 2.75) is 20.8 Å². The van der Waals surface area contributed by atoms with E-state index in [0.29, 0.717) is 22.0 Å². The van der Waals surface area contributed by atoms with E-state index in [4.69, 9.17) is 21.4 Å². The molecule has 0 unspecified atom stereocenters. The number of nitrogens with one attached hydrogen (secondary N) is 1. The van der Waals surface area contributed by atoms with Crippen LogP contribution in [-0.2, 0) is 0 Å². The third-order valence-electron chi connectivity index (χ3n) is 3.43. The Morgan fingerprint density at radius 3 is 2.45 bits per heavy atom. The maximum atomic E-state index is 10.9. The van der Waals surface area contributed by atoms with E-state index < -0.39 is 5.97 Å². The number of hydrogen-bond acceptors (Lipinski definition) is 3. The van der Waals surface area contributed by atoms with Gasteiger partial charge in [0.15, 0.2) is 0 Å². The molecule has 0 fully saturated rings. The van der Waals surface area contributed by atoms with Crippen LogP contribution in [0.15, 0.2) is 6.07 Å². The van der Waals surface area contributed by atoms with Crippen molar-refractivity contribution in [3.8, 4) is 17.0 Å². The molecule has 2 rings (SSSR count). The second kappa shape index (κ2) is 5.17. The number of aromatic nitrogens is 2. The first-order valence-electron chi connectivity index (χ1n) is 6.00. The number of carboxylic acids is 1. The summed E-state index contributed by atoms with van der Waals surface area (Å²) in [5.41, 5.74) is 3.91. The zero-order valence-electron chi connectivity index (χ0n) is 11.7. The third kappa shape index (κ3) is 2.14. The number of methoxy groups -OCH3 is 1. The summed E-state index contributed by atoms with van der Waals surface area (Å²) in [5.74, 6) is -0.400. The Balaban J connectivity index is 2.75. The van der Waals surface area contributed by atoms with Crippen LogP contribution in [0.4, 0.5) is 0 Å². The summed E-state index contributed by atoms with van der Waals surface area (Å²) >= 11 is 6.33. The van der Waals surface area contributed by atoms with Gasteiger partial charge in [0.2, 0.25) is 0 Å². The van der Waals surface area contributed by atoms with E-state index in [1.165, 1.54) is 6.07 Å². The molecule has 0 saturated carbocycles. The average molecular weight is 295 g/mol. The average Bonchev–Trinajstić information content (AvgIpc) is 2.89. The van der Waals surface area contributed by atoms with E-state index >= 15 is 0 Å². The smallest absolute Gasteiger partial charge is 0.353 e. The van der Waals surface area contributed by atoms with Crippen LogP contribution >= 0.6 is 11.6 Å². The van der Waals surface area contributed by atoms with Crippen LogP contribution in [0.3, 0.4) is 0 Å². The topological polar surface area (TPSA) is 75.2 Å². The molecule has 0 atom stereocenters. The molecule has 1 heterocycles. The number of aromatic amines is 1. The summed E-state index contributed by atoms with van der Waals surface area (Å²) in [6.07, 6.45) is 0. The molecule has 0 amide bonds. The molecule has 106 valence electrons. The highest BCUT2D eigenvalue weighted by Gasteiger charge is 2.21. The Bertz CT molecular complexity index is 692. The van der Waals surface area contributed by atoms with Gasteiger partial charge in [0, 0.05) is 10.6 Å². The van der Waals surface area contributed by atoms with Gasteiger partial charge in [-0.2, -0.15) is 5.10 Å². The first-order chi connectivity index (χ1) is 9.38. The Kier molecular flexibility index (Phi) is 3.72. The van der Waals surface area contributed by atoms with Gasteiger partial charge in [-0.3, -0.25) is 5.10 Å². The normalized spacial score (nSPS) is 10.7. The first-order valence-corrected chi connectivity index (χ1v) is 6.38. The molecule has 0 aliphatic carbocycles. The highest BCUT2D eigenvalue weighted by molar-refractivity contribution is 6.32. The molecule has 2 aromatic rings. The van der Waals surface area contributed by atoms with Gasteiger partial charge >= 0.3 is 5.97 Å². The zero-order valence-corrected chi connectivity index (χ0v) is 12.4. The third-order valence-corrected chi connectivity index (χ3v) is 4.00. The monoisotopic (exact) mass is 294 g/mol. The maximum absolute atomic E-state index is 10.9. The molecular formula is C14H15ClN2O3. The van der Waals surface area contributed by atoms with E-state index in [0.717, 1.165) is 16.7 Å². The lowest BCUT2D eigenvalue weighted by Gasteiger charge is -2.17. The van der Waals surface area contributed by atoms with Crippen molar-refractivity contribution < 1.29 is 14.6 Å². The van der Waals surface area contributed by atoms with Gasteiger partial charge in [0.25, 0.3) is 0 Å². The number of hydrogen-bond donors (Lipinski definition) is 2. The minimum Gasteiger partial charge on any atom is -0.496 e. The van der Waals surface area contributed by atoms with Gasteiger partial charge < -0.3 is 9.84 Å². The molecule has 0 aliphatic rings. The van der Waals surface area contributed by atoms with Gasteiger partial charge in [-0.1, -0.05) is 11.6 Å². The summed E-state index contributed by atoms with van der Waals surface area (Å²) in [7, 11) is 1.57. The predicted molar refractivity (Wildman–Crippen MR) is 76.8 cm³/mol. The van der Waals surface area contributed by atoms with Crippen molar-refractivity contribution in [1.82, 2.24) is 10.2 Å². The van der Waals surface area contributed by atoms with Crippen LogP contribution in [-0.4, -0.2) is 28.4 Å². The van der Waals surface area contributed by atoms with E-state index in [-0.39, 0.29) is 5.69 Å². The van der Waals surface area contributed by atoms with Crippen molar-refractivity contribution >= 4 is 17.6 Å². The number of benzene rings is 1. The number of carbonyl (C=O) groups is 1. The van der Waals surface area contributed by atoms with Gasteiger partial charge in [-0.05, 0) is 43.5 Å². The van der Waals surface area contributed by atoms with Crippen LogP contribution in [0.2, 0.25) is 5.02 Å². The zero-order chi connectivity index (χ0) is 15.0. The largest absolute Gasteiger partial charge is 0.496 e. The van der Waals surface area contributed by atoms with Crippen LogP contribution in [0.25, 0.3) is 11.3 Å². The minimum atomic E-state index is -1.06. The quantitative estimate of drug-likeness (QED) is 0.910. The number of halogens is 1. The molecule has 0 saturated heterocycles. The van der Waals surface area contributed by atoms with E-state index in [1.807, 2.05) is 20.8 Å². The summed E-state index contributed by atoms with van der Waals surface area (Å²) in [6.45, 7) is 5.69. The predicted octanol–water partition coefficient (Wildman–Crippen LogP) is 3.36. The Hall–Kier alpha value is -2.01. The van der Waals surface area contributed by atoms with Crippen molar-refractivity contribution in [3.63, 3.8) is 0 Å². The summed E-state index contributed by atoms with van der Waals surface area (Å²) in [5, 5.41) is 16.1. The van der Waals surface area contributed by atoms with Crippen LogP contribution < -0.4 is 4.74 Å². The highest BCUT2D eigenvalue weighted by atomic mass is 35.5. The molecule has 2 N–H and O–H groups in total. The highest BCUT2D eigenvalue weighted by Crippen LogP contribution is 2.41. The van der Waals surface area contributed by atoms with Gasteiger partial charge in [-0.15, -0.1) is 0 Å². The lowest BCUT2D eigenvalue weighted by atomic mass is 9.96. The van der Waals surface area contributed by atoms with Crippen molar-refractivity contribution in [1.29, 1.82) is 0 Å².